The van der Waals surface area contributed by atoms with Gasteiger partial charge >= 0.3 is 0 Å². The first-order chi connectivity index (χ1) is 9.34. The molecule has 0 aliphatic heterocycles. The van der Waals surface area contributed by atoms with Gasteiger partial charge in [0, 0.05) is 12.6 Å². The van der Waals surface area contributed by atoms with Gasteiger partial charge in [0.1, 0.15) is 5.82 Å². The Bertz CT molecular complexity index is 716. The SMILES string of the molecule is S=c1[nH]nc(Cc2ccccc2)n1-c1cccnc1. The van der Waals surface area contributed by atoms with Crippen LogP contribution in [0.15, 0.2) is 54.9 Å². The van der Waals surface area contributed by atoms with Gasteiger partial charge in [-0.05, 0) is 29.9 Å². The van der Waals surface area contributed by atoms with Crippen LogP contribution in [-0.2, 0) is 6.42 Å². The second kappa shape index (κ2) is 5.16. The summed E-state index contributed by atoms with van der Waals surface area (Å²) in [5.41, 5.74) is 2.12. The molecule has 2 aromatic heterocycles. The van der Waals surface area contributed by atoms with E-state index in [0.29, 0.717) is 4.77 Å². The Balaban J connectivity index is 2.03. The van der Waals surface area contributed by atoms with Gasteiger partial charge in [0.2, 0.25) is 0 Å². The van der Waals surface area contributed by atoms with E-state index in [4.69, 9.17) is 12.2 Å². The number of H-pyrrole nitrogens is 1. The summed E-state index contributed by atoms with van der Waals surface area (Å²) in [6.07, 6.45) is 4.24. The van der Waals surface area contributed by atoms with E-state index in [-0.39, 0.29) is 0 Å². The van der Waals surface area contributed by atoms with Gasteiger partial charge in [0.25, 0.3) is 0 Å². The lowest BCUT2D eigenvalue weighted by Gasteiger charge is -2.06. The molecule has 0 atom stereocenters. The van der Waals surface area contributed by atoms with E-state index in [9.17, 15) is 0 Å². The first-order valence-electron chi connectivity index (χ1n) is 5.95. The summed E-state index contributed by atoms with van der Waals surface area (Å²) in [6.45, 7) is 0. The average molecular weight is 268 g/mol. The Morgan fingerprint density at radius 3 is 2.68 bits per heavy atom. The van der Waals surface area contributed by atoms with Gasteiger partial charge in [-0.3, -0.25) is 14.6 Å². The fourth-order valence-electron chi connectivity index (χ4n) is 1.98. The maximum Gasteiger partial charge on any atom is 0.199 e. The molecule has 0 bridgehead atoms. The average Bonchev–Trinajstić information content (AvgIpc) is 2.82. The van der Waals surface area contributed by atoms with Crippen molar-refractivity contribution in [2.45, 2.75) is 6.42 Å². The zero-order chi connectivity index (χ0) is 13.1. The molecule has 19 heavy (non-hydrogen) atoms. The highest BCUT2D eigenvalue weighted by Gasteiger charge is 2.08. The Kier molecular flexibility index (Phi) is 3.20. The number of benzene rings is 1. The molecule has 0 amide bonds. The molecule has 94 valence electrons. The zero-order valence-corrected chi connectivity index (χ0v) is 11.0. The van der Waals surface area contributed by atoms with Gasteiger partial charge in [0.15, 0.2) is 4.77 Å². The van der Waals surface area contributed by atoms with Crippen LogP contribution < -0.4 is 0 Å². The highest BCUT2D eigenvalue weighted by molar-refractivity contribution is 7.71. The van der Waals surface area contributed by atoms with Crippen molar-refractivity contribution in [2.75, 3.05) is 0 Å². The maximum absolute atomic E-state index is 5.29. The van der Waals surface area contributed by atoms with Crippen molar-refractivity contribution in [1.82, 2.24) is 19.7 Å². The predicted molar refractivity (Wildman–Crippen MR) is 75.8 cm³/mol. The fraction of sp³-hybridized carbons (Fsp3) is 0.0714. The van der Waals surface area contributed by atoms with Crippen molar-refractivity contribution >= 4 is 12.2 Å². The minimum atomic E-state index is 0.582. The predicted octanol–water partition coefficient (Wildman–Crippen LogP) is 2.92. The van der Waals surface area contributed by atoms with Gasteiger partial charge in [-0.15, -0.1) is 0 Å². The summed E-state index contributed by atoms with van der Waals surface area (Å²) in [5, 5.41) is 7.15. The van der Waals surface area contributed by atoms with E-state index in [0.717, 1.165) is 17.9 Å². The Morgan fingerprint density at radius 2 is 1.95 bits per heavy atom. The molecule has 0 saturated heterocycles. The van der Waals surface area contributed by atoms with Crippen LogP contribution in [0.1, 0.15) is 11.4 Å². The van der Waals surface area contributed by atoms with Crippen molar-refractivity contribution in [2.24, 2.45) is 0 Å². The standard InChI is InChI=1S/C14H12N4S/c19-14-17-16-13(9-11-5-2-1-3-6-11)18(14)12-7-4-8-15-10-12/h1-8,10H,9H2,(H,17,19). The Hall–Kier alpha value is -2.27. The molecule has 0 radical (unpaired) electrons. The Morgan fingerprint density at radius 1 is 1.11 bits per heavy atom. The number of pyridine rings is 1. The summed E-state index contributed by atoms with van der Waals surface area (Å²) in [7, 11) is 0. The largest absolute Gasteiger partial charge is 0.270 e. The molecule has 1 aromatic carbocycles. The third-order valence-corrected chi connectivity index (χ3v) is 3.12. The summed E-state index contributed by atoms with van der Waals surface area (Å²) in [6, 6.07) is 14.0. The lowest BCUT2D eigenvalue weighted by atomic mass is 10.1. The minimum absolute atomic E-state index is 0.582. The lowest BCUT2D eigenvalue weighted by molar-refractivity contribution is 0.897. The second-order valence-corrected chi connectivity index (χ2v) is 4.54. The monoisotopic (exact) mass is 268 g/mol. The first-order valence-corrected chi connectivity index (χ1v) is 6.36. The van der Waals surface area contributed by atoms with Gasteiger partial charge in [-0.2, -0.15) is 5.10 Å². The molecule has 2 heterocycles. The van der Waals surface area contributed by atoms with Crippen molar-refractivity contribution in [3.05, 3.63) is 71.0 Å². The third kappa shape index (κ3) is 2.46. The number of hydrogen-bond donors (Lipinski definition) is 1. The van der Waals surface area contributed by atoms with Gasteiger partial charge in [-0.1, -0.05) is 30.3 Å². The second-order valence-electron chi connectivity index (χ2n) is 4.15. The van der Waals surface area contributed by atoms with Crippen LogP contribution in [0.5, 0.6) is 0 Å². The molecule has 0 aliphatic carbocycles. The molecule has 0 aliphatic rings. The van der Waals surface area contributed by atoms with E-state index < -0.39 is 0 Å². The summed E-state index contributed by atoms with van der Waals surface area (Å²) >= 11 is 5.29. The van der Waals surface area contributed by atoms with E-state index in [1.165, 1.54) is 5.56 Å². The van der Waals surface area contributed by atoms with Crippen LogP contribution in [0.25, 0.3) is 5.69 Å². The number of nitrogens with zero attached hydrogens (tertiary/aromatic N) is 3. The minimum Gasteiger partial charge on any atom is -0.270 e. The van der Waals surface area contributed by atoms with Crippen molar-refractivity contribution < 1.29 is 0 Å². The van der Waals surface area contributed by atoms with E-state index in [2.05, 4.69) is 27.3 Å². The van der Waals surface area contributed by atoms with Crippen LogP contribution in [0.2, 0.25) is 0 Å². The van der Waals surface area contributed by atoms with Crippen LogP contribution in [0.4, 0.5) is 0 Å². The molecule has 0 unspecified atom stereocenters. The molecule has 3 aromatic rings. The van der Waals surface area contributed by atoms with Crippen LogP contribution in [-0.4, -0.2) is 19.7 Å². The first kappa shape index (κ1) is 11.8. The van der Waals surface area contributed by atoms with Gasteiger partial charge < -0.3 is 0 Å². The highest BCUT2D eigenvalue weighted by atomic mass is 32.1. The number of rotatable bonds is 3. The van der Waals surface area contributed by atoms with Crippen molar-refractivity contribution in [3.8, 4) is 5.69 Å². The zero-order valence-electron chi connectivity index (χ0n) is 10.2. The molecule has 0 fully saturated rings. The number of aromatic nitrogens is 4. The third-order valence-electron chi connectivity index (χ3n) is 2.85. The molecule has 0 spiro atoms. The quantitative estimate of drug-likeness (QED) is 0.743. The number of nitrogens with one attached hydrogen (secondary N) is 1. The summed E-state index contributed by atoms with van der Waals surface area (Å²) in [5.74, 6) is 0.879. The molecule has 4 nitrogen and oxygen atoms in total. The van der Waals surface area contributed by atoms with Crippen LogP contribution >= 0.6 is 12.2 Å². The maximum atomic E-state index is 5.29. The lowest BCUT2D eigenvalue weighted by Crippen LogP contribution is -2.02. The van der Waals surface area contributed by atoms with Crippen molar-refractivity contribution in [1.29, 1.82) is 0 Å². The summed E-state index contributed by atoms with van der Waals surface area (Å²) in [4.78, 5) is 4.12. The fourth-order valence-corrected chi connectivity index (χ4v) is 2.24. The van der Waals surface area contributed by atoms with Crippen LogP contribution in [0, 0.1) is 4.77 Å². The van der Waals surface area contributed by atoms with E-state index >= 15 is 0 Å². The Labute approximate surface area is 115 Å². The van der Waals surface area contributed by atoms with Crippen molar-refractivity contribution in [3.63, 3.8) is 0 Å². The smallest absolute Gasteiger partial charge is 0.199 e. The van der Waals surface area contributed by atoms with Crippen LogP contribution in [0.3, 0.4) is 0 Å². The normalized spacial score (nSPS) is 10.5. The highest BCUT2D eigenvalue weighted by Crippen LogP contribution is 2.13. The number of hydrogen-bond acceptors (Lipinski definition) is 3. The number of aromatic amines is 1. The van der Waals surface area contributed by atoms with E-state index in [1.54, 1.807) is 12.4 Å². The molecule has 0 saturated carbocycles. The molecule has 5 heteroatoms. The molecular weight excluding hydrogens is 256 g/mol. The van der Waals surface area contributed by atoms with E-state index in [1.807, 2.05) is 34.9 Å². The van der Waals surface area contributed by atoms with Gasteiger partial charge in [-0.25, -0.2) is 0 Å². The molecular formula is C14H12N4S. The summed E-state index contributed by atoms with van der Waals surface area (Å²) < 4.78 is 2.49. The topological polar surface area (TPSA) is 46.5 Å². The van der Waals surface area contributed by atoms with Gasteiger partial charge in [0.05, 0.1) is 11.9 Å². The molecule has 1 N–H and O–H groups in total. The molecule has 3 rings (SSSR count).